The normalized spacial score (nSPS) is 19.2. The summed E-state index contributed by atoms with van der Waals surface area (Å²) < 4.78 is 33.2. The number of fused-ring (bicyclic) bond motifs is 1. The molecule has 27 heavy (non-hydrogen) atoms. The van der Waals surface area contributed by atoms with E-state index in [0.717, 1.165) is 55.8 Å². The van der Waals surface area contributed by atoms with Gasteiger partial charge in [0.25, 0.3) is 0 Å². The zero-order valence-electron chi connectivity index (χ0n) is 16.1. The van der Waals surface area contributed by atoms with Crippen molar-refractivity contribution < 1.29 is 12.9 Å². The van der Waals surface area contributed by atoms with E-state index in [1.165, 1.54) is 11.1 Å². The van der Waals surface area contributed by atoms with E-state index in [4.69, 9.17) is 4.52 Å². The molecule has 1 aliphatic heterocycles. The van der Waals surface area contributed by atoms with Crippen molar-refractivity contribution in [2.24, 2.45) is 0 Å². The largest absolute Gasteiger partial charge is 0.361 e. The molecule has 0 bridgehead atoms. The van der Waals surface area contributed by atoms with Gasteiger partial charge in [0, 0.05) is 31.7 Å². The summed E-state index contributed by atoms with van der Waals surface area (Å²) in [6, 6.07) is 5.67. The molecule has 1 saturated heterocycles. The van der Waals surface area contributed by atoms with Crippen molar-refractivity contribution in [1.82, 2.24) is 14.4 Å². The highest BCUT2D eigenvalue weighted by atomic mass is 32.2. The van der Waals surface area contributed by atoms with Crippen LogP contribution in [0.2, 0.25) is 0 Å². The van der Waals surface area contributed by atoms with Crippen molar-refractivity contribution in [3.05, 3.63) is 46.3 Å². The Bertz CT molecular complexity index is 916. The Labute approximate surface area is 161 Å². The lowest BCUT2D eigenvalue weighted by molar-refractivity contribution is 0.276. The van der Waals surface area contributed by atoms with Gasteiger partial charge in [-0.1, -0.05) is 11.2 Å². The molecule has 2 aromatic rings. The summed E-state index contributed by atoms with van der Waals surface area (Å²) in [5.74, 6) is 0.847. The summed E-state index contributed by atoms with van der Waals surface area (Å²) in [5.41, 5.74) is 4.53. The molecule has 0 atom stereocenters. The van der Waals surface area contributed by atoms with Crippen molar-refractivity contribution in [2.45, 2.75) is 51.0 Å². The van der Waals surface area contributed by atoms with Gasteiger partial charge in [0.2, 0.25) is 10.0 Å². The first-order chi connectivity index (χ1) is 12.9. The third-order valence-corrected chi connectivity index (χ3v) is 7.71. The minimum Gasteiger partial charge on any atom is -0.361 e. The molecule has 1 fully saturated rings. The Morgan fingerprint density at radius 1 is 1.04 bits per heavy atom. The van der Waals surface area contributed by atoms with E-state index >= 15 is 0 Å². The van der Waals surface area contributed by atoms with Gasteiger partial charge in [-0.3, -0.25) is 4.90 Å². The Morgan fingerprint density at radius 3 is 2.63 bits per heavy atom. The summed E-state index contributed by atoms with van der Waals surface area (Å²) in [7, 11) is -3.43. The van der Waals surface area contributed by atoms with Gasteiger partial charge in [-0.2, -0.15) is 4.31 Å². The molecule has 1 aromatic heterocycles. The van der Waals surface area contributed by atoms with Crippen LogP contribution in [0, 0.1) is 13.8 Å². The van der Waals surface area contributed by atoms with Crippen molar-refractivity contribution >= 4 is 10.0 Å². The molecule has 0 spiro atoms. The maximum atomic E-state index is 13.2. The van der Waals surface area contributed by atoms with Crippen LogP contribution < -0.4 is 0 Å². The fraction of sp³-hybridized carbons (Fsp3) is 0.550. The smallest absolute Gasteiger partial charge is 0.243 e. The van der Waals surface area contributed by atoms with E-state index in [1.54, 1.807) is 10.4 Å². The molecule has 6 nitrogen and oxygen atoms in total. The summed E-state index contributed by atoms with van der Waals surface area (Å²) in [6.07, 6.45) is 4.01. The van der Waals surface area contributed by atoms with Crippen LogP contribution in [0.25, 0.3) is 0 Å². The third-order valence-electron chi connectivity index (χ3n) is 5.82. The van der Waals surface area contributed by atoms with Crippen LogP contribution in [0.5, 0.6) is 0 Å². The zero-order valence-corrected chi connectivity index (χ0v) is 16.9. The highest BCUT2D eigenvalue weighted by Gasteiger charge is 2.28. The zero-order chi connectivity index (χ0) is 19.0. The summed E-state index contributed by atoms with van der Waals surface area (Å²) in [5, 5.41) is 4.02. The first kappa shape index (κ1) is 18.7. The van der Waals surface area contributed by atoms with E-state index < -0.39 is 10.0 Å². The van der Waals surface area contributed by atoms with Gasteiger partial charge in [0.15, 0.2) is 0 Å². The predicted octanol–water partition coefficient (Wildman–Crippen LogP) is 2.68. The molecule has 4 rings (SSSR count). The topological polar surface area (TPSA) is 66.7 Å². The quantitative estimate of drug-likeness (QED) is 0.804. The average molecular weight is 390 g/mol. The van der Waals surface area contributed by atoms with Gasteiger partial charge >= 0.3 is 0 Å². The minimum absolute atomic E-state index is 0.447. The Balaban J connectivity index is 1.47. The van der Waals surface area contributed by atoms with Crippen LogP contribution in [-0.4, -0.2) is 49.0 Å². The lowest BCUT2D eigenvalue weighted by Gasteiger charge is -2.22. The first-order valence-corrected chi connectivity index (χ1v) is 11.2. The Kier molecular flexibility index (Phi) is 5.09. The molecule has 1 aromatic carbocycles. The molecule has 0 amide bonds. The molecule has 0 N–H and O–H groups in total. The first-order valence-electron chi connectivity index (χ1n) is 9.71. The number of sulfonamides is 1. The fourth-order valence-corrected chi connectivity index (χ4v) is 5.68. The minimum atomic E-state index is -3.43. The molecular formula is C20H27N3O3S. The molecule has 2 aliphatic rings. The van der Waals surface area contributed by atoms with Crippen LogP contribution in [0.4, 0.5) is 0 Å². The molecule has 1 aliphatic carbocycles. The van der Waals surface area contributed by atoms with Crippen molar-refractivity contribution in [3.8, 4) is 0 Å². The van der Waals surface area contributed by atoms with Gasteiger partial charge in [-0.05, 0) is 69.3 Å². The SMILES string of the molecule is Cc1noc(C)c1CN1CCCN(S(=O)(=O)c2ccc3c(c2)CCC3)CC1. The van der Waals surface area contributed by atoms with Crippen LogP contribution in [0.1, 0.15) is 41.0 Å². The molecule has 0 saturated carbocycles. The molecule has 146 valence electrons. The third kappa shape index (κ3) is 3.68. The van der Waals surface area contributed by atoms with Crippen LogP contribution in [0.3, 0.4) is 0 Å². The van der Waals surface area contributed by atoms with Gasteiger partial charge in [-0.15, -0.1) is 0 Å². The van der Waals surface area contributed by atoms with Crippen LogP contribution in [-0.2, 0) is 29.4 Å². The molecule has 2 heterocycles. The molecule has 0 unspecified atom stereocenters. The average Bonchev–Trinajstić information content (AvgIpc) is 3.15. The second-order valence-electron chi connectivity index (χ2n) is 7.62. The van der Waals surface area contributed by atoms with Crippen molar-refractivity contribution in [1.29, 1.82) is 0 Å². The highest BCUT2D eigenvalue weighted by Crippen LogP contribution is 2.27. The second kappa shape index (κ2) is 7.37. The van der Waals surface area contributed by atoms with Gasteiger partial charge in [0.05, 0.1) is 10.6 Å². The number of hydrogen-bond acceptors (Lipinski definition) is 5. The predicted molar refractivity (Wildman–Crippen MR) is 103 cm³/mol. The lowest BCUT2D eigenvalue weighted by atomic mass is 10.1. The van der Waals surface area contributed by atoms with Gasteiger partial charge in [-0.25, -0.2) is 8.42 Å². The van der Waals surface area contributed by atoms with E-state index in [0.29, 0.717) is 24.5 Å². The van der Waals surface area contributed by atoms with Crippen LogP contribution in [0.15, 0.2) is 27.6 Å². The highest BCUT2D eigenvalue weighted by molar-refractivity contribution is 7.89. The summed E-state index contributed by atoms with van der Waals surface area (Å²) in [4.78, 5) is 2.74. The Hall–Kier alpha value is -1.70. The van der Waals surface area contributed by atoms with E-state index in [2.05, 4.69) is 10.1 Å². The number of nitrogens with zero attached hydrogens (tertiary/aromatic N) is 3. The van der Waals surface area contributed by atoms with Gasteiger partial charge < -0.3 is 4.52 Å². The number of benzene rings is 1. The number of aryl methyl sites for hydroxylation is 4. The van der Waals surface area contributed by atoms with Crippen LogP contribution >= 0.6 is 0 Å². The van der Waals surface area contributed by atoms with Crippen molar-refractivity contribution in [3.63, 3.8) is 0 Å². The number of hydrogen-bond donors (Lipinski definition) is 0. The summed E-state index contributed by atoms with van der Waals surface area (Å²) in [6.45, 7) is 7.31. The van der Waals surface area contributed by atoms with Gasteiger partial charge in [0.1, 0.15) is 5.76 Å². The summed E-state index contributed by atoms with van der Waals surface area (Å²) >= 11 is 0. The maximum absolute atomic E-state index is 13.2. The Morgan fingerprint density at radius 2 is 1.85 bits per heavy atom. The number of aromatic nitrogens is 1. The standard InChI is InChI=1S/C20H27N3O3S/c1-15-20(16(2)26-21-15)14-22-9-4-10-23(12-11-22)27(24,25)19-8-7-17-5-3-6-18(17)13-19/h7-8,13H,3-6,9-12,14H2,1-2H3. The van der Waals surface area contributed by atoms with Crippen molar-refractivity contribution in [2.75, 3.05) is 26.2 Å². The maximum Gasteiger partial charge on any atom is 0.243 e. The molecular weight excluding hydrogens is 362 g/mol. The molecule has 7 heteroatoms. The van der Waals surface area contributed by atoms with E-state index in [1.807, 2.05) is 26.0 Å². The van der Waals surface area contributed by atoms with E-state index in [9.17, 15) is 8.42 Å². The molecule has 0 radical (unpaired) electrons. The number of rotatable bonds is 4. The second-order valence-corrected chi connectivity index (χ2v) is 9.56. The monoisotopic (exact) mass is 389 g/mol. The lowest BCUT2D eigenvalue weighted by Crippen LogP contribution is -2.35. The van der Waals surface area contributed by atoms with E-state index in [-0.39, 0.29) is 0 Å². The fourth-order valence-electron chi connectivity index (χ4n) is 4.15.